The van der Waals surface area contributed by atoms with Crippen LogP contribution in [0, 0.1) is 5.41 Å². The van der Waals surface area contributed by atoms with Crippen molar-refractivity contribution in [3.8, 4) is 0 Å². The molecule has 3 fully saturated rings. The summed E-state index contributed by atoms with van der Waals surface area (Å²) in [5.41, 5.74) is 15.1. The van der Waals surface area contributed by atoms with E-state index < -0.39 is 0 Å². The maximum atomic E-state index is 6.70. The van der Waals surface area contributed by atoms with Crippen molar-refractivity contribution in [1.82, 2.24) is 4.98 Å². The van der Waals surface area contributed by atoms with Crippen molar-refractivity contribution in [1.29, 1.82) is 0 Å². The molecule has 2 aromatic rings. The fraction of sp³-hybridized carbons (Fsp3) is 0.591. The van der Waals surface area contributed by atoms with Gasteiger partial charge in [0.2, 0.25) is 0 Å². The lowest BCUT2D eigenvalue weighted by atomic mass is 9.46. The van der Waals surface area contributed by atoms with E-state index in [2.05, 4.69) is 43.0 Å². The van der Waals surface area contributed by atoms with E-state index in [0.29, 0.717) is 11.5 Å². The summed E-state index contributed by atoms with van der Waals surface area (Å²) in [6.45, 7) is 6.13. The lowest BCUT2D eigenvalue weighted by Crippen LogP contribution is -2.63. The second-order valence-electron chi connectivity index (χ2n) is 9.44. The number of ether oxygens (including phenoxy) is 1. The number of nitrogens with zero attached hydrogens (tertiary/aromatic N) is 2. The molecule has 2 aliphatic carbocycles. The highest BCUT2D eigenvalue weighted by molar-refractivity contribution is 5.85. The number of anilines is 1. The molecule has 5 heteroatoms. The molecule has 1 aromatic heterocycles. The topological polar surface area (TPSA) is 77.4 Å². The standard InChI is InChI=1S/C22H30N4O/c1-14-10-26(11-15(2)27-14)19-4-3-16-6-20(25-9-17(16)5-19)22(24)12-21(13-22)7-18(23)8-21/h3-6,9,14-15,18H,7-8,10-13,23-24H2,1-2H3. The van der Waals surface area contributed by atoms with Crippen molar-refractivity contribution in [2.75, 3.05) is 18.0 Å². The van der Waals surface area contributed by atoms with Crippen molar-refractivity contribution in [2.24, 2.45) is 16.9 Å². The van der Waals surface area contributed by atoms with Gasteiger partial charge in [-0.3, -0.25) is 4.98 Å². The zero-order valence-corrected chi connectivity index (χ0v) is 16.3. The third-order valence-electron chi connectivity index (χ3n) is 6.77. The van der Waals surface area contributed by atoms with Gasteiger partial charge in [0.15, 0.2) is 0 Å². The molecule has 2 saturated carbocycles. The second-order valence-corrected chi connectivity index (χ2v) is 9.44. The molecule has 1 spiro atoms. The molecule has 144 valence electrons. The van der Waals surface area contributed by atoms with Crippen LogP contribution < -0.4 is 16.4 Å². The Kier molecular flexibility index (Phi) is 3.81. The van der Waals surface area contributed by atoms with E-state index in [4.69, 9.17) is 21.2 Å². The van der Waals surface area contributed by atoms with E-state index in [0.717, 1.165) is 44.5 Å². The molecule has 2 unspecified atom stereocenters. The van der Waals surface area contributed by atoms with Crippen molar-refractivity contribution < 1.29 is 4.74 Å². The molecule has 5 nitrogen and oxygen atoms in total. The summed E-state index contributed by atoms with van der Waals surface area (Å²) in [6.07, 6.45) is 6.80. The molecule has 0 amide bonds. The van der Waals surface area contributed by atoms with E-state index in [9.17, 15) is 0 Å². The van der Waals surface area contributed by atoms with Crippen LogP contribution in [-0.2, 0) is 10.3 Å². The van der Waals surface area contributed by atoms with E-state index in [1.54, 1.807) is 0 Å². The van der Waals surface area contributed by atoms with Gasteiger partial charge in [-0.25, -0.2) is 0 Å². The lowest BCUT2D eigenvalue weighted by Gasteiger charge is -2.61. The zero-order chi connectivity index (χ0) is 18.8. The van der Waals surface area contributed by atoms with Crippen LogP contribution in [0.3, 0.4) is 0 Å². The van der Waals surface area contributed by atoms with Crippen molar-refractivity contribution in [3.05, 3.63) is 36.2 Å². The molecule has 1 aliphatic heterocycles. The summed E-state index contributed by atoms with van der Waals surface area (Å²) in [5, 5.41) is 2.39. The van der Waals surface area contributed by atoms with Gasteiger partial charge in [-0.05, 0) is 68.5 Å². The number of hydrogen-bond acceptors (Lipinski definition) is 5. The van der Waals surface area contributed by atoms with Gasteiger partial charge in [-0.2, -0.15) is 0 Å². The maximum Gasteiger partial charge on any atom is 0.0726 e. The SMILES string of the molecule is CC1CN(c2ccc3cc(C4(N)CC5(CC(N)C5)C4)ncc3c2)CC(C)O1. The van der Waals surface area contributed by atoms with Gasteiger partial charge in [-0.15, -0.1) is 0 Å². The summed E-state index contributed by atoms with van der Waals surface area (Å²) >= 11 is 0. The number of benzene rings is 1. The molecule has 1 aromatic carbocycles. The van der Waals surface area contributed by atoms with Gasteiger partial charge in [0, 0.05) is 36.4 Å². The highest BCUT2D eigenvalue weighted by Crippen LogP contribution is 2.62. The predicted octanol–water partition coefficient (Wildman–Crippen LogP) is 2.90. The van der Waals surface area contributed by atoms with Gasteiger partial charge in [0.25, 0.3) is 0 Å². The number of nitrogens with two attached hydrogens (primary N) is 2. The Balaban J connectivity index is 1.38. The number of morpholine rings is 1. The number of rotatable bonds is 2. The fourth-order valence-electron chi connectivity index (χ4n) is 5.80. The smallest absolute Gasteiger partial charge is 0.0726 e. The van der Waals surface area contributed by atoms with Gasteiger partial charge >= 0.3 is 0 Å². The molecule has 2 atom stereocenters. The van der Waals surface area contributed by atoms with Gasteiger partial charge in [-0.1, -0.05) is 6.07 Å². The Bertz CT molecular complexity index is 858. The number of aromatic nitrogens is 1. The van der Waals surface area contributed by atoms with Crippen molar-refractivity contribution >= 4 is 16.5 Å². The Morgan fingerprint density at radius 2 is 1.78 bits per heavy atom. The first-order valence-electron chi connectivity index (χ1n) is 10.2. The highest BCUT2D eigenvalue weighted by Gasteiger charge is 2.58. The van der Waals surface area contributed by atoms with Crippen LogP contribution in [-0.4, -0.2) is 36.3 Å². The summed E-state index contributed by atoms with van der Waals surface area (Å²) < 4.78 is 5.86. The number of hydrogen-bond donors (Lipinski definition) is 2. The summed E-state index contributed by atoms with van der Waals surface area (Å²) in [5.74, 6) is 0. The van der Waals surface area contributed by atoms with E-state index in [1.165, 1.54) is 16.5 Å². The number of pyridine rings is 1. The summed E-state index contributed by atoms with van der Waals surface area (Å²) in [4.78, 5) is 7.17. The minimum absolute atomic E-state index is 0.257. The average Bonchev–Trinajstić information content (AvgIpc) is 2.57. The first kappa shape index (κ1) is 17.4. The van der Waals surface area contributed by atoms with E-state index in [-0.39, 0.29) is 17.7 Å². The molecule has 3 aliphatic rings. The van der Waals surface area contributed by atoms with Crippen LogP contribution in [0.15, 0.2) is 30.5 Å². The Labute approximate surface area is 161 Å². The lowest BCUT2D eigenvalue weighted by molar-refractivity contribution is -0.0607. The maximum absolute atomic E-state index is 6.70. The first-order valence-corrected chi connectivity index (χ1v) is 10.2. The molecular formula is C22H30N4O. The van der Waals surface area contributed by atoms with E-state index in [1.807, 2.05) is 6.20 Å². The molecule has 5 rings (SSSR count). The Hall–Kier alpha value is -1.69. The Morgan fingerprint density at radius 3 is 2.44 bits per heavy atom. The molecule has 0 bridgehead atoms. The fourth-order valence-corrected chi connectivity index (χ4v) is 5.80. The minimum Gasteiger partial charge on any atom is -0.372 e. The summed E-state index contributed by atoms with van der Waals surface area (Å²) in [6, 6.07) is 9.23. The minimum atomic E-state index is -0.276. The third-order valence-corrected chi connectivity index (χ3v) is 6.77. The average molecular weight is 367 g/mol. The quantitative estimate of drug-likeness (QED) is 0.854. The van der Waals surface area contributed by atoms with Crippen molar-refractivity contribution in [2.45, 2.75) is 63.3 Å². The van der Waals surface area contributed by atoms with Crippen LogP contribution >= 0.6 is 0 Å². The molecule has 4 N–H and O–H groups in total. The molecule has 27 heavy (non-hydrogen) atoms. The van der Waals surface area contributed by atoms with Crippen LogP contribution in [0.25, 0.3) is 10.8 Å². The van der Waals surface area contributed by atoms with E-state index >= 15 is 0 Å². The van der Waals surface area contributed by atoms with Crippen molar-refractivity contribution in [3.63, 3.8) is 0 Å². The van der Waals surface area contributed by atoms with Gasteiger partial charge < -0.3 is 21.1 Å². The first-order chi connectivity index (χ1) is 12.8. The molecule has 2 heterocycles. The van der Waals surface area contributed by atoms with Gasteiger partial charge in [0.1, 0.15) is 0 Å². The zero-order valence-electron chi connectivity index (χ0n) is 16.3. The van der Waals surface area contributed by atoms with Crippen LogP contribution in [0.2, 0.25) is 0 Å². The largest absolute Gasteiger partial charge is 0.372 e. The number of fused-ring (bicyclic) bond motifs is 1. The Morgan fingerprint density at radius 1 is 1.07 bits per heavy atom. The van der Waals surface area contributed by atoms with Crippen LogP contribution in [0.1, 0.15) is 45.2 Å². The normalized spacial score (nSPS) is 38.7. The second kappa shape index (κ2) is 5.90. The monoisotopic (exact) mass is 366 g/mol. The van der Waals surface area contributed by atoms with Gasteiger partial charge in [0.05, 0.1) is 23.4 Å². The molecule has 0 radical (unpaired) electrons. The predicted molar refractivity (Wildman–Crippen MR) is 109 cm³/mol. The van der Waals surface area contributed by atoms with Crippen LogP contribution in [0.4, 0.5) is 5.69 Å². The molecule has 1 saturated heterocycles. The van der Waals surface area contributed by atoms with Crippen LogP contribution in [0.5, 0.6) is 0 Å². The summed E-state index contributed by atoms with van der Waals surface area (Å²) in [7, 11) is 0. The third kappa shape index (κ3) is 2.93. The highest BCUT2D eigenvalue weighted by atomic mass is 16.5. The molecular weight excluding hydrogens is 336 g/mol.